The Morgan fingerprint density at radius 3 is 2.25 bits per heavy atom. The van der Waals surface area contributed by atoms with E-state index in [1.165, 1.54) is 6.92 Å². The van der Waals surface area contributed by atoms with Gasteiger partial charge in [-0.25, -0.2) is 0 Å². The lowest BCUT2D eigenvalue weighted by Gasteiger charge is -2.22. The van der Waals surface area contributed by atoms with Crippen LogP contribution in [0.5, 0.6) is 0 Å². The topological polar surface area (TPSA) is 26.3 Å². The standard InChI is InChI=1S/C14H18O2/c1-10(2)11(3)14(16-12(4)15)13-8-6-5-7-9-13/h5-10,14H,3H2,1-2,4H3. The van der Waals surface area contributed by atoms with Gasteiger partial charge in [0, 0.05) is 6.92 Å². The molecule has 0 spiro atoms. The average Bonchev–Trinajstić information content (AvgIpc) is 2.26. The molecule has 0 aliphatic carbocycles. The van der Waals surface area contributed by atoms with Crippen molar-refractivity contribution in [2.45, 2.75) is 26.9 Å². The number of esters is 1. The lowest BCUT2D eigenvalue weighted by atomic mass is 9.94. The van der Waals surface area contributed by atoms with Crippen molar-refractivity contribution in [1.29, 1.82) is 0 Å². The van der Waals surface area contributed by atoms with Gasteiger partial charge >= 0.3 is 5.97 Å². The second-order valence-electron chi connectivity index (χ2n) is 4.13. The van der Waals surface area contributed by atoms with Gasteiger partial charge in [-0.3, -0.25) is 4.79 Å². The van der Waals surface area contributed by atoms with E-state index in [1.54, 1.807) is 0 Å². The molecule has 0 aliphatic rings. The van der Waals surface area contributed by atoms with Gasteiger partial charge in [-0.15, -0.1) is 0 Å². The molecule has 1 rings (SSSR count). The lowest BCUT2D eigenvalue weighted by molar-refractivity contribution is -0.145. The molecule has 0 heterocycles. The van der Waals surface area contributed by atoms with E-state index in [2.05, 4.69) is 6.58 Å². The Balaban J connectivity index is 2.96. The van der Waals surface area contributed by atoms with Crippen molar-refractivity contribution in [2.75, 3.05) is 0 Å². The molecular weight excluding hydrogens is 200 g/mol. The SMILES string of the molecule is C=C(C(C)C)C(OC(C)=O)c1ccccc1. The van der Waals surface area contributed by atoms with E-state index < -0.39 is 0 Å². The summed E-state index contributed by atoms with van der Waals surface area (Å²) < 4.78 is 5.32. The predicted molar refractivity (Wildman–Crippen MR) is 64.9 cm³/mol. The van der Waals surface area contributed by atoms with E-state index in [1.807, 2.05) is 44.2 Å². The van der Waals surface area contributed by atoms with Gasteiger partial charge < -0.3 is 4.74 Å². The van der Waals surface area contributed by atoms with Crippen LogP contribution in [-0.2, 0) is 9.53 Å². The van der Waals surface area contributed by atoms with Gasteiger partial charge in [0.05, 0.1) is 0 Å². The Hall–Kier alpha value is -1.57. The molecule has 0 fully saturated rings. The lowest BCUT2D eigenvalue weighted by Crippen LogP contribution is -2.13. The van der Waals surface area contributed by atoms with Crippen LogP contribution >= 0.6 is 0 Å². The number of carbonyl (C=O) groups is 1. The fraction of sp³-hybridized carbons (Fsp3) is 0.357. The molecule has 0 aromatic heterocycles. The molecule has 1 unspecified atom stereocenters. The summed E-state index contributed by atoms with van der Waals surface area (Å²) >= 11 is 0. The molecule has 1 aromatic carbocycles. The molecule has 0 bridgehead atoms. The fourth-order valence-electron chi connectivity index (χ4n) is 1.45. The minimum Gasteiger partial charge on any atom is -0.453 e. The Kier molecular flexibility index (Phi) is 4.29. The van der Waals surface area contributed by atoms with E-state index in [9.17, 15) is 4.79 Å². The van der Waals surface area contributed by atoms with E-state index in [0.717, 1.165) is 11.1 Å². The molecule has 2 nitrogen and oxygen atoms in total. The first-order chi connectivity index (χ1) is 7.52. The van der Waals surface area contributed by atoms with Crippen molar-refractivity contribution in [3.05, 3.63) is 48.0 Å². The Morgan fingerprint density at radius 2 is 1.81 bits per heavy atom. The summed E-state index contributed by atoms with van der Waals surface area (Å²) in [5.41, 5.74) is 1.89. The number of hydrogen-bond acceptors (Lipinski definition) is 2. The highest BCUT2D eigenvalue weighted by molar-refractivity contribution is 5.66. The summed E-state index contributed by atoms with van der Waals surface area (Å²) in [4.78, 5) is 11.1. The van der Waals surface area contributed by atoms with Crippen LogP contribution < -0.4 is 0 Å². The largest absolute Gasteiger partial charge is 0.453 e. The van der Waals surface area contributed by atoms with Gasteiger partial charge in [0.1, 0.15) is 6.10 Å². The molecule has 0 radical (unpaired) electrons. The minimum atomic E-state index is -0.335. The first-order valence-electron chi connectivity index (χ1n) is 5.43. The molecular formula is C14H18O2. The zero-order valence-corrected chi connectivity index (χ0v) is 10.1. The van der Waals surface area contributed by atoms with Crippen molar-refractivity contribution in [2.24, 2.45) is 5.92 Å². The Bertz CT molecular complexity index is 366. The molecule has 2 heteroatoms. The van der Waals surface area contributed by atoms with Crippen LogP contribution in [0.1, 0.15) is 32.4 Å². The van der Waals surface area contributed by atoms with Crippen molar-refractivity contribution < 1.29 is 9.53 Å². The highest BCUT2D eigenvalue weighted by atomic mass is 16.5. The molecule has 1 aromatic rings. The maximum Gasteiger partial charge on any atom is 0.303 e. The van der Waals surface area contributed by atoms with Crippen LogP contribution in [0.25, 0.3) is 0 Å². The van der Waals surface area contributed by atoms with Gasteiger partial charge in [-0.05, 0) is 17.1 Å². The van der Waals surface area contributed by atoms with Crippen LogP contribution in [0.15, 0.2) is 42.5 Å². The molecule has 1 atom stereocenters. The fourth-order valence-corrected chi connectivity index (χ4v) is 1.45. The van der Waals surface area contributed by atoms with Gasteiger partial charge in [0.15, 0.2) is 0 Å². The van der Waals surface area contributed by atoms with Gasteiger partial charge in [-0.2, -0.15) is 0 Å². The van der Waals surface area contributed by atoms with Crippen molar-refractivity contribution >= 4 is 5.97 Å². The van der Waals surface area contributed by atoms with Crippen LogP contribution in [0, 0.1) is 5.92 Å². The number of hydrogen-bond donors (Lipinski definition) is 0. The van der Waals surface area contributed by atoms with Gasteiger partial charge in [0.25, 0.3) is 0 Å². The monoisotopic (exact) mass is 218 g/mol. The van der Waals surface area contributed by atoms with Crippen LogP contribution in [-0.4, -0.2) is 5.97 Å². The van der Waals surface area contributed by atoms with Gasteiger partial charge in [0.2, 0.25) is 0 Å². The van der Waals surface area contributed by atoms with E-state index in [0.29, 0.717) is 0 Å². The third-order valence-corrected chi connectivity index (χ3v) is 2.46. The molecule has 0 saturated heterocycles. The van der Waals surface area contributed by atoms with Crippen molar-refractivity contribution in [1.82, 2.24) is 0 Å². The molecule has 86 valence electrons. The van der Waals surface area contributed by atoms with E-state index in [-0.39, 0.29) is 18.0 Å². The molecule has 16 heavy (non-hydrogen) atoms. The molecule has 0 N–H and O–H groups in total. The molecule has 0 amide bonds. The number of benzene rings is 1. The zero-order valence-electron chi connectivity index (χ0n) is 10.1. The van der Waals surface area contributed by atoms with Crippen LogP contribution in [0.4, 0.5) is 0 Å². The number of ether oxygens (including phenoxy) is 1. The first-order valence-corrected chi connectivity index (χ1v) is 5.43. The summed E-state index contributed by atoms with van der Waals surface area (Å²) in [6, 6.07) is 9.69. The summed E-state index contributed by atoms with van der Waals surface area (Å²) in [5, 5.41) is 0. The highest BCUT2D eigenvalue weighted by Gasteiger charge is 2.20. The molecule has 0 aliphatic heterocycles. The maximum absolute atomic E-state index is 11.1. The summed E-state index contributed by atoms with van der Waals surface area (Å²) in [6.07, 6.45) is -0.335. The number of rotatable bonds is 4. The van der Waals surface area contributed by atoms with E-state index in [4.69, 9.17) is 4.74 Å². The van der Waals surface area contributed by atoms with E-state index >= 15 is 0 Å². The number of carbonyl (C=O) groups excluding carboxylic acids is 1. The van der Waals surface area contributed by atoms with Crippen molar-refractivity contribution in [3.8, 4) is 0 Å². The third kappa shape index (κ3) is 3.23. The average molecular weight is 218 g/mol. The summed E-state index contributed by atoms with van der Waals surface area (Å²) in [5.74, 6) is 0.000194. The summed E-state index contributed by atoms with van der Waals surface area (Å²) in [6.45, 7) is 9.51. The normalized spacial score (nSPS) is 12.2. The molecule has 0 saturated carbocycles. The first kappa shape index (κ1) is 12.5. The van der Waals surface area contributed by atoms with Gasteiger partial charge in [-0.1, -0.05) is 50.8 Å². The third-order valence-electron chi connectivity index (χ3n) is 2.46. The Morgan fingerprint density at radius 1 is 1.25 bits per heavy atom. The quantitative estimate of drug-likeness (QED) is 0.571. The van der Waals surface area contributed by atoms with Crippen molar-refractivity contribution in [3.63, 3.8) is 0 Å². The minimum absolute atomic E-state index is 0.282. The smallest absolute Gasteiger partial charge is 0.303 e. The zero-order chi connectivity index (χ0) is 12.1. The Labute approximate surface area is 96.9 Å². The second-order valence-corrected chi connectivity index (χ2v) is 4.13. The second kappa shape index (κ2) is 5.50. The predicted octanol–water partition coefficient (Wildman–Crippen LogP) is 3.50. The summed E-state index contributed by atoms with van der Waals surface area (Å²) in [7, 11) is 0. The highest BCUT2D eigenvalue weighted by Crippen LogP contribution is 2.29. The maximum atomic E-state index is 11.1. The van der Waals surface area contributed by atoms with Crippen LogP contribution in [0.2, 0.25) is 0 Å². The van der Waals surface area contributed by atoms with Crippen LogP contribution in [0.3, 0.4) is 0 Å².